The van der Waals surface area contributed by atoms with Crippen molar-refractivity contribution in [1.82, 2.24) is 9.97 Å². The van der Waals surface area contributed by atoms with E-state index in [2.05, 4.69) is 14.9 Å². The molecule has 0 bridgehead atoms. The summed E-state index contributed by atoms with van der Waals surface area (Å²) in [5.74, 6) is 1.96. The van der Waals surface area contributed by atoms with Crippen molar-refractivity contribution in [2.75, 3.05) is 18.0 Å². The van der Waals surface area contributed by atoms with Gasteiger partial charge in [-0.2, -0.15) is 0 Å². The van der Waals surface area contributed by atoms with Crippen LogP contribution in [0.4, 0.5) is 5.82 Å². The Morgan fingerprint density at radius 1 is 1.14 bits per heavy atom. The highest BCUT2D eigenvalue weighted by Crippen LogP contribution is 2.16. The Kier molecular flexibility index (Phi) is 2.96. The summed E-state index contributed by atoms with van der Waals surface area (Å²) >= 11 is 0. The third-order valence-electron chi connectivity index (χ3n) is 2.69. The summed E-state index contributed by atoms with van der Waals surface area (Å²) in [5, 5.41) is 0. The largest absolute Gasteiger partial charge is 0.357 e. The van der Waals surface area contributed by atoms with Crippen LogP contribution in [-0.2, 0) is 0 Å². The van der Waals surface area contributed by atoms with E-state index in [4.69, 9.17) is 0 Å². The van der Waals surface area contributed by atoms with Crippen LogP contribution in [0, 0.1) is 6.92 Å². The van der Waals surface area contributed by atoms with E-state index in [9.17, 15) is 0 Å². The van der Waals surface area contributed by atoms with Crippen LogP contribution in [0.25, 0.3) is 0 Å². The van der Waals surface area contributed by atoms with Crippen LogP contribution < -0.4 is 4.90 Å². The third-order valence-corrected chi connectivity index (χ3v) is 2.69. The predicted molar refractivity (Wildman–Crippen MR) is 57.5 cm³/mol. The van der Waals surface area contributed by atoms with Gasteiger partial charge in [-0.05, 0) is 25.8 Å². The molecule has 1 aromatic heterocycles. The fourth-order valence-corrected chi connectivity index (χ4v) is 1.92. The topological polar surface area (TPSA) is 29.0 Å². The van der Waals surface area contributed by atoms with Gasteiger partial charge in [-0.25, -0.2) is 9.97 Å². The smallest absolute Gasteiger partial charge is 0.132 e. The third kappa shape index (κ3) is 2.22. The van der Waals surface area contributed by atoms with E-state index in [1.54, 1.807) is 0 Å². The zero-order valence-electron chi connectivity index (χ0n) is 8.74. The minimum atomic E-state index is 0.867. The average molecular weight is 191 g/mol. The fourth-order valence-electron chi connectivity index (χ4n) is 1.92. The number of hydrogen-bond acceptors (Lipinski definition) is 3. The van der Waals surface area contributed by atoms with Gasteiger partial charge >= 0.3 is 0 Å². The van der Waals surface area contributed by atoms with Crippen LogP contribution in [0.3, 0.4) is 0 Å². The molecule has 3 nitrogen and oxygen atoms in total. The maximum absolute atomic E-state index is 4.45. The molecule has 0 amide bonds. The summed E-state index contributed by atoms with van der Waals surface area (Å²) < 4.78 is 0. The molecule has 3 heteroatoms. The van der Waals surface area contributed by atoms with Gasteiger partial charge in [0.2, 0.25) is 0 Å². The van der Waals surface area contributed by atoms with Gasteiger partial charge in [0.25, 0.3) is 0 Å². The van der Waals surface area contributed by atoms with Gasteiger partial charge in [0.15, 0.2) is 0 Å². The van der Waals surface area contributed by atoms with Gasteiger partial charge in [-0.1, -0.05) is 12.8 Å². The van der Waals surface area contributed by atoms with Gasteiger partial charge in [0.05, 0.1) is 0 Å². The molecule has 0 atom stereocenters. The van der Waals surface area contributed by atoms with E-state index in [-0.39, 0.29) is 0 Å². The first-order chi connectivity index (χ1) is 6.86. The summed E-state index contributed by atoms with van der Waals surface area (Å²) in [6, 6.07) is 2.01. The summed E-state index contributed by atoms with van der Waals surface area (Å²) in [6.07, 6.45) is 7.16. The molecule has 76 valence electrons. The lowest BCUT2D eigenvalue weighted by Crippen LogP contribution is -2.25. The van der Waals surface area contributed by atoms with Crippen molar-refractivity contribution >= 4 is 5.82 Å². The number of aromatic nitrogens is 2. The number of rotatable bonds is 1. The Morgan fingerprint density at radius 3 is 2.50 bits per heavy atom. The molecule has 2 heterocycles. The van der Waals surface area contributed by atoms with Gasteiger partial charge < -0.3 is 4.90 Å². The minimum Gasteiger partial charge on any atom is -0.357 e. The molecule has 0 N–H and O–H groups in total. The monoisotopic (exact) mass is 191 g/mol. The molecule has 0 radical (unpaired) electrons. The average Bonchev–Trinajstić information content (AvgIpc) is 2.45. The Labute approximate surface area is 85.2 Å². The maximum atomic E-state index is 4.45. The number of nitrogens with zero attached hydrogens (tertiary/aromatic N) is 3. The normalized spacial score (nSPS) is 17.9. The SMILES string of the molecule is Cc1nccc(N2CCCCCC2)n1. The highest BCUT2D eigenvalue weighted by Gasteiger charge is 2.10. The van der Waals surface area contributed by atoms with Crippen LogP contribution >= 0.6 is 0 Å². The van der Waals surface area contributed by atoms with Gasteiger partial charge in [0.1, 0.15) is 11.6 Å². The number of hydrogen-bond donors (Lipinski definition) is 0. The van der Waals surface area contributed by atoms with Gasteiger partial charge in [0, 0.05) is 19.3 Å². The van der Waals surface area contributed by atoms with Crippen LogP contribution in [0.2, 0.25) is 0 Å². The van der Waals surface area contributed by atoms with Crippen molar-refractivity contribution in [3.8, 4) is 0 Å². The van der Waals surface area contributed by atoms with E-state index in [1.807, 2.05) is 19.2 Å². The van der Waals surface area contributed by atoms with Gasteiger partial charge in [-0.15, -0.1) is 0 Å². The first-order valence-electron chi connectivity index (χ1n) is 5.41. The fraction of sp³-hybridized carbons (Fsp3) is 0.636. The second-order valence-electron chi connectivity index (χ2n) is 3.86. The summed E-state index contributed by atoms with van der Waals surface area (Å²) in [5.41, 5.74) is 0. The van der Waals surface area contributed by atoms with Crippen molar-refractivity contribution in [3.05, 3.63) is 18.1 Å². The molecule has 1 saturated heterocycles. The zero-order valence-corrected chi connectivity index (χ0v) is 8.74. The number of aryl methyl sites for hydroxylation is 1. The van der Waals surface area contributed by atoms with E-state index >= 15 is 0 Å². The molecular weight excluding hydrogens is 174 g/mol. The van der Waals surface area contributed by atoms with Crippen LogP contribution in [0.15, 0.2) is 12.3 Å². The molecule has 0 unspecified atom stereocenters. The highest BCUT2D eigenvalue weighted by molar-refractivity contribution is 5.37. The van der Waals surface area contributed by atoms with Crippen molar-refractivity contribution in [2.45, 2.75) is 32.6 Å². The molecule has 1 aromatic rings. The molecule has 0 spiro atoms. The molecule has 0 aliphatic carbocycles. The second-order valence-corrected chi connectivity index (χ2v) is 3.86. The Balaban J connectivity index is 2.12. The molecule has 1 aliphatic rings. The van der Waals surface area contributed by atoms with E-state index in [1.165, 1.54) is 25.7 Å². The zero-order chi connectivity index (χ0) is 9.80. The lowest BCUT2D eigenvalue weighted by molar-refractivity contribution is 0.726. The van der Waals surface area contributed by atoms with Gasteiger partial charge in [-0.3, -0.25) is 0 Å². The molecular formula is C11H17N3. The van der Waals surface area contributed by atoms with E-state index in [0.717, 1.165) is 24.7 Å². The molecule has 1 fully saturated rings. The van der Waals surface area contributed by atoms with E-state index < -0.39 is 0 Å². The first kappa shape index (κ1) is 9.44. The summed E-state index contributed by atoms with van der Waals surface area (Å²) in [7, 11) is 0. The van der Waals surface area contributed by atoms with Crippen LogP contribution in [0.5, 0.6) is 0 Å². The minimum absolute atomic E-state index is 0.867. The highest BCUT2D eigenvalue weighted by atomic mass is 15.2. The van der Waals surface area contributed by atoms with Crippen molar-refractivity contribution in [1.29, 1.82) is 0 Å². The van der Waals surface area contributed by atoms with Crippen molar-refractivity contribution in [2.24, 2.45) is 0 Å². The molecule has 14 heavy (non-hydrogen) atoms. The number of anilines is 1. The molecule has 2 rings (SSSR count). The molecule has 1 aliphatic heterocycles. The van der Waals surface area contributed by atoms with Crippen LogP contribution in [-0.4, -0.2) is 23.1 Å². The molecule has 0 aromatic carbocycles. The van der Waals surface area contributed by atoms with Crippen molar-refractivity contribution in [3.63, 3.8) is 0 Å². The summed E-state index contributed by atoms with van der Waals surface area (Å²) in [6.45, 7) is 4.24. The Hall–Kier alpha value is -1.12. The van der Waals surface area contributed by atoms with Crippen molar-refractivity contribution < 1.29 is 0 Å². The van der Waals surface area contributed by atoms with Crippen LogP contribution in [0.1, 0.15) is 31.5 Å². The summed E-state index contributed by atoms with van der Waals surface area (Å²) in [4.78, 5) is 11.0. The lowest BCUT2D eigenvalue weighted by Gasteiger charge is -2.21. The predicted octanol–water partition coefficient (Wildman–Crippen LogP) is 2.17. The standard InChI is InChI=1S/C11H17N3/c1-10-12-7-6-11(13-10)14-8-4-2-3-5-9-14/h6-7H,2-5,8-9H2,1H3. The van der Waals surface area contributed by atoms with E-state index in [0.29, 0.717) is 0 Å². The maximum Gasteiger partial charge on any atom is 0.132 e. The first-order valence-corrected chi connectivity index (χ1v) is 5.41. The Bertz CT molecular complexity index is 290. The Morgan fingerprint density at radius 2 is 1.86 bits per heavy atom. The lowest BCUT2D eigenvalue weighted by atomic mass is 10.2. The quantitative estimate of drug-likeness (QED) is 0.681. The molecule has 0 saturated carbocycles. The second kappa shape index (κ2) is 4.40.